The minimum absolute atomic E-state index is 0.120. The molecule has 1 atom stereocenters. The molecule has 1 aromatic heterocycles. The van der Waals surface area contributed by atoms with Gasteiger partial charge in [-0.25, -0.2) is 0 Å². The molecular weight excluding hydrogens is 222 g/mol. The van der Waals surface area contributed by atoms with Gasteiger partial charge in [-0.2, -0.15) is 0 Å². The van der Waals surface area contributed by atoms with Gasteiger partial charge in [-0.15, -0.1) is 0 Å². The zero-order valence-electron chi connectivity index (χ0n) is 10.9. The predicted octanol–water partition coefficient (Wildman–Crippen LogP) is 2.45. The van der Waals surface area contributed by atoms with E-state index in [2.05, 4.69) is 42.5 Å². The lowest BCUT2D eigenvalue weighted by Gasteiger charge is -2.17. The van der Waals surface area contributed by atoms with Gasteiger partial charge < -0.3 is 0 Å². The van der Waals surface area contributed by atoms with Crippen molar-refractivity contribution in [2.45, 2.75) is 26.3 Å². The fourth-order valence-corrected chi connectivity index (χ4v) is 2.29. The number of aromatic nitrogens is 1. The van der Waals surface area contributed by atoms with Crippen LogP contribution < -0.4 is 11.3 Å². The van der Waals surface area contributed by atoms with Crippen LogP contribution in [0.1, 0.15) is 28.3 Å². The van der Waals surface area contributed by atoms with Gasteiger partial charge in [-0.05, 0) is 43.5 Å². The van der Waals surface area contributed by atoms with E-state index in [9.17, 15) is 0 Å². The topological polar surface area (TPSA) is 50.9 Å². The Hall–Kier alpha value is -1.71. The average molecular weight is 241 g/mol. The molecule has 0 spiro atoms. The molecule has 2 aromatic rings. The first kappa shape index (κ1) is 12.7. The fraction of sp³-hybridized carbons (Fsp3) is 0.267. The Morgan fingerprint density at radius 3 is 2.28 bits per heavy atom. The molecule has 0 fully saturated rings. The first-order valence-corrected chi connectivity index (χ1v) is 6.12. The summed E-state index contributed by atoms with van der Waals surface area (Å²) in [6.07, 6.45) is 4.46. The van der Waals surface area contributed by atoms with Gasteiger partial charge in [0.05, 0.1) is 6.04 Å². The molecule has 1 heterocycles. The van der Waals surface area contributed by atoms with Crippen LogP contribution in [0.4, 0.5) is 0 Å². The summed E-state index contributed by atoms with van der Waals surface area (Å²) in [5.74, 6) is 5.66. The Balaban J connectivity index is 2.20. The van der Waals surface area contributed by atoms with Crippen LogP contribution in [0.5, 0.6) is 0 Å². The number of hydrogen-bond donors (Lipinski definition) is 2. The molecule has 1 aromatic carbocycles. The number of pyridine rings is 1. The lowest BCUT2D eigenvalue weighted by molar-refractivity contribution is 0.551. The molecule has 0 aliphatic rings. The Bertz CT molecular complexity index is 488. The van der Waals surface area contributed by atoms with E-state index in [4.69, 9.17) is 5.84 Å². The minimum Gasteiger partial charge on any atom is -0.271 e. The molecule has 18 heavy (non-hydrogen) atoms. The summed E-state index contributed by atoms with van der Waals surface area (Å²) in [7, 11) is 0. The Morgan fingerprint density at radius 2 is 1.72 bits per heavy atom. The molecule has 0 aliphatic heterocycles. The van der Waals surface area contributed by atoms with Crippen LogP contribution in [0.15, 0.2) is 42.7 Å². The van der Waals surface area contributed by atoms with Crippen molar-refractivity contribution < 1.29 is 0 Å². The second-order valence-corrected chi connectivity index (χ2v) is 4.70. The van der Waals surface area contributed by atoms with E-state index < -0.39 is 0 Å². The number of hydrazine groups is 1. The van der Waals surface area contributed by atoms with Crippen LogP contribution in [-0.2, 0) is 6.42 Å². The maximum atomic E-state index is 5.66. The fourth-order valence-electron chi connectivity index (χ4n) is 2.29. The quantitative estimate of drug-likeness (QED) is 0.638. The Morgan fingerprint density at radius 1 is 1.11 bits per heavy atom. The average Bonchev–Trinajstić information content (AvgIpc) is 2.36. The second-order valence-electron chi connectivity index (χ2n) is 4.70. The van der Waals surface area contributed by atoms with Gasteiger partial charge in [-0.1, -0.05) is 29.3 Å². The van der Waals surface area contributed by atoms with Crippen LogP contribution in [-0.4, -0.2) is 4.98 Å². The summed E-state index contributed by atoms with van der Waals surface area (Å²) >= 11 is 0. The number of rotatable bonds is 4. The number of nitrogens with zero attached hydrogens (tertiary/aromatic N) is 1. The van der Waals surface area contributed by atoms with Gasteiger partial charge in [0.1, 0.15) is 0 Å². The third-order valence-corrected chi connectivity index (χ3v) is 3.03. The molecule has 0 bridgehead atoms. The molecule has 3 nitrogen and oxygen atoms in total. The zero-order valence-corrected chi connectivity index (χ0v) is 10.9. The summed E-state index contributed by atoms with van der Waals surface area (Å²) < 4.78 is 0. The molecule has 2 rings (SSSR count). The Labute approximate surface area is 108 Å². The maximum absolute atomic E-state index is 5.66. The maximum Gasteiger partial charge on any atom is 0.0501 e. The smallest absolute Gasteiger partial charge is 0.0501 e. The highest BCUT2D eigenvalue weighted by molar-refractivity contribution is 5.30. The van der Waals surface area contributed by atoms with Crippen molar-refractivity contribution in [3.8, 4) is 0 Å². The Kier molecular flexibility index (Phi) is 4.07. The van der Waals surface area contributed by atoms with Crippen molar-refractivity contribution in [1.82, 2.24) is 10.4 Å². The first-order valence-electron chi connectivity index (χ1n) is 6.12. The third kappa shape index (κ3) is 3.15. The van der Waals surface area contributed by atoms with E-state index in [1.54, 1.807) is 12.4 Å². The van der Waals surface area contributed by atoms with Crippen molar-refractivity contribution in [1.29, 1.82) is 0 Å². The van der Waals surface area contributed by atoms with Gasteiger partial charge in [0, 0.05) is 12.4 Å². The van der Waals surface area contributed by atoms with Crippen molar-refractivity contribution >= 4 is 0 Å². The van der Waals surface area contributed by atoms with E-state index >= 15 is 0 Å². The van der Waals surface area contributed by atoms with Gasteiger partial charge >= 0.3 is 0 Å². The first-order chi connectivity index (χ1) is 8.69. The number of hydrogen-bond acceptors (Lipinski definition) is 3. The molecule has 94 valence electrons. The van der Waals surface area contributed by atoms with Crippen molar-refractivity contribution in [2.75, 3.05) is 0 Å². The summed E-state index contributed by atoms with van der Waals surface area (Å²) in [6.45, 7) is 4.24. The van der Waals surface area contributed by atoms with E-state index in [1.807, 2.05) is 12.1 Å². The molecule has 1 unspecified atom stereocenters. The SMILES string of the molecule is Cc1cc(C)cc(CC(NN)c2ccncc2)c1. The highest BCUT2D eigenvalue weighted by Gasteiger charge is 2.10. The van der Waals surface area contributed by atoms with E-state index in [-0.39, 0.29) is 6.04 Å². The molecule has 0 amide bonds. The van der Waals surface area contributed by atoms with Crippen LogP contribution in [0.3, 0.4) is 0 Å². The predicted molar refractivity (Wildman–Crippen MR) is 73.9 cm³/mol. The van der Waals surface area contributed by atoms with Crippen LogP contribution in [0.2, 0.25) is 0 Å². The van der Waals surface area contributed by atoms with Gasteiger partial charge in [-0.3, -0.25) is 16.3 Å². The lowest BCUT2D eigenvalue weighted by atomic mass is 9.97. The van der Waals surface area contributed by atoms with E-state index in [0.717, 1.165) is 12.0 Å². The molecule has 0 radical (unpaired) electrons. The summed E-state index contributed by atoms with van der Waals surface area (Å²) in [6, 6.07) is 10.7. The zero-order chi connectivity index (χ0) is 13.0. The van der Waals surface area contributed by atoms with Gasteiger partial charge in [0.25, 0.3) is 0 Å². The van der Waals surface area contributed by atoms with Crippen molar-refractivity contribution in [3.05, 3.63) is 65.0 Å². The molecule has 0 saturated heterocycles. The largest absolute Gasteiger partial charge is 0.271 e. The number of nitrogens with two attached hydrogens (primary N) is 1. The number of aryl methyl sites for hydroxylation is 2. The molecule has 3 heteroatoms. The molecule has 0 aliphatic carbocycles. The van der Waals surface area contributed by atoms with Crippen LogP contribution >= 0.6 is 0 Å². The van der Waals surface area contributed by atoms with Crippen molar-refractivity contribution in [3.63, 3.8) is 0 Å². The summed E-state index contributed by atoms with van der Waals surface area (Å²) in [4.78, 5) is 4.03. The van der Waals surface area contributed by atoms with Gasteiger partial charge in [0.2, 0.25) is 0 Å². The van der Waals surface area contributed by atoms with Crippen molar-refractivity contribution in [2.24, 2.45) is 5.84 Å². The van der Waals surface area contributed by atoms with Gasteiger partial charge in [0.15, 0.2) is 0 Å². The lowest BCUT2D eigenvalue weighted by Crippen LogP contribution is -2.29. The molecular formula is C15H19N3. The molecule has 3 N–H and O–H groups in total. The highest BCUT2D eigenvalue weighted by Crippen LogP contribution is 2.18. The highest BCUT2D eigenvalue weighted by atomic mass is 15.2. The van der Waals surface area contributed by atoms with E-state index in [0.29, 0.717) is 0 Å². The summed E-state index contributed by atoms with van der Waals surface area (Å²) in [5, 5.41) is 0. The second kappa shape index (κ2) is 5.76. The standard InChI is InChI=1S/C15H19N3/c1-11-7-12(2)9-13(8-11)10-15(18-16)14-3-5-17-6-4-14/h3-9,15,18H,10,16H2,1-2H3. The third-order valence-electron chi connectivity index (χ3n) is 3.03. The minimum atomic E-state index is 0.120. The van der Waals surface area contributed by atoms with Crippen LogP contribution in [0.25, 0.3) is 0 Å². The number of nitrogens with one attached hydrogen (secondary N) is 1. The van der Waals surface area contributed by atoms with Crippen LogP contribution in [0, 0.1) is 13.8 Å². The summed E-state index contributed by atoms with van der Waals surface area (Å²) in [5.41, 5.74) is 7.91. The molecule has 0 saturated carbocycles. The monoisotopic (exact) mass is 241 g/mol. The van der Waals surface area contributed by atoms with E-state index in [1.165, 1.54) is 16.7 Å². The normalized spacial score (nSPS) is 12.4. The number of benzene rings is 1.